The van der Waals surface area contributed by atoms with E-state index in [1.165, 1.54) is 13.2 Å². The third-order valence-corrected chi connectivity index (χ3v) is 4.15. The number of methoxy groups -OCH3 is 2. The lowest BCUT2D eigenvalue weighted by molar-refractivity contribution is 0.101. The second-order valence-corrected chi connectivity index (χ2v) is 6.07. The summed E-state index contributed by atoms with van der Waals surface area (Å²) in [6, 6.07) is 11.5. The number of hydrogen-bond acceptors (Lipinski definition) is 5. The van der Waals surface area contributed by atoms with E-state index in [0.717, 1.165) is 0 Å². The van der Waals surface area contributed by atoms with Crippen molar-refractivity contribution in [3.8, 4) is 22.8 Å². The van der Waals surface area contributed by atoms with Gasteiger partial charge in [0, 0.05) is 16.7 Å². The fourth-order valence-corrected chi connectivity index (χ4v) is 2.62. The maximum absolute atomic E-state index is 12.4. The molecule has 3 aromatic rings. The number of hydrogen-bond donors (Lipinski definition) is 1. The summed E-state index contributed by atoms with van der Waals surface area (Å²) >= 11 is 12.0. The maximum atomic E-state index is 12.4. The van der Waals surface area contributed by atoms with Crippen molar-refractivity contribution in [2.75, 3.05) is 19.5 Å². The lowest BCUT2D eigenvalue weighted by atomic mass is 10.1. The molecule has 0 aliphatic rings. The minimum Gasteiger partial charge on any atom is -0.493 e. The van der Waals surface area contributed by atoms with Crippen molar-refractivity contribution in [2.24, 2.45) is 0 Å². The van der Waals surface area contributed by atoms with E-state index in [1.807, 2.05) is 0 Å². The van der Waals surface area contributed by atoms with Crippen LogP contribution in [0.25, 0.3) is 11.3 Å². The molecule has 0 bridgehead atoms. The van der Waals surface area contributed by atoms with Crippen LogP contribution in [0.1, 0.15) is 10.5 Å². The number of rotatable bonds is 5. The molecular formula is C18H14Cl2N2O4. The van der Waals surface area contributed by atoms with Gasteiger partial charge in [0.25, 0.3) is 5.91 Å². The molecule has 0 fully saturated rings. The molecule has 0 saturated carbocycles. The standard InChI is InChI=1S/C18H14Cl2N2O4/c1-24-15-6-3-10(7-17(15)25-2)16-9-14(22-26-16)18(23)21-13-8-11(19)4-5-12(13)20/h3-9H,1-2H3,(H,21,23). The smallest absolute Gasteiger partial charge is 0.277 e. The molecule has 2 aromatic carbocycles. The molecule has 0 aliphatic carbocycles. The van der Waals surface area contributed by atoms with Crippen molar-refractivity contribution in [2.45, 2.75) is 0 Å². The highest BCUT2D eigenvalue weighted by atomic mass is 35.5. The Morgan fingerprint density at radius 2 is 1.81 bits per heavy atom. The normalized spacial score (nSPS) is 10.5. The number of carbonyl (C=O) groups excluding carboxylic acids is 1. The third-order valence-electron chi connectivity index (χ3n) is 3.59. The van der Waals surface area contributed by atoms with Crippen molar-refractivity contribution >= 4 is 34.8 Å². The van der Waals surface area contributed by atoms with Crippen molar-refractivity contribution in [3.05, 3.63) is 58.2 Å². The molecule has 1 N–H and O–H groups in total. The molecule has 26 heavy (non-hydrogen) atoms. The Balaban J connectivity index is 1.83. The van der Waals surface area contributed by atoms with Crippen LogP contribution in [0.15, 0.2) is 47.0 Å². The first-order chi connectivity index (χ1) is 12.5. The molecule has 0 atom stereocenters. The van der Waals surface area contributed by atoms with Crippen LogP contribution in [0, 0.1) is 0 Å². The van der Waals surface area contributed by atoms with Crippen molar-refractivity contribution < 1.29 is 18.8 Å². The van der Waals surface area contributed by atoms with Gasteiger partial charge in [0.1, 0.15) is 0 Å². The van der Waals surface area contributed by atoms with Gasteiger partial charge in [0.05, 0.1) is 24.9 Å². The highest BCUT2D eigenvalue weighted by molar-refractivity contribution is 6.35. The largest absolute Gasteiger partial charge is 0.493 e. The van der Waals surface area contributed by atoms with Gasteiger partial charge in [0.15, 0.2) is 23.0 Å². The average molecular weight is 393 g/mol. The minimum absolute atomic E-state index is 0.103. The Bertz CT molecular complexity index is 956. The number of nitrogens with one attached hydrogen (secondary N) is 1. The molecule has 0 saturated heterocycles. The number of benzene rings is 2. The summed E-state index contributed by atoms with van der Waals surface area (Å²) in [5.74, 6) is 1.07. The van der Waals surface area contributed by atoms with Gasteiger partial charge in [-0.25, -0.2) is 0 Å². The van der Waals surface area contributed by atoms with Gasteiger partial charge in [-0.15, -0.1) is 0 Å². The second-order valence-electron chi connectivity index (χ2n) is 5.22. The number of amides is 1. The van der Waals surface area contributed by atoms with E-state index in [0.29, 0.717) is 38.6 Å². The first-order valence-electron chi connectivity index (χ1n) is 7.47. The van der Waals surface area contributed by atoms with E-state index in [-0.39, 0.29) is 5.69 Å². The van der Waals surface area contributed by atoms with Gasteiger partial charge in [-0.05, 0) is 36.4 Å². The van der Waals surface area contributed by atoms with Crippen LogP contribution in [0.4, 0.5) is 5.69 Å². The molecule has 0 spiro atoms. The zero-order valence-corrected chi connectivity index (χ0v) is 15.4. The number of aromatic nitrogens is 1. The van der Waals surface area contributed by atoms with Crippen molar-refractivity contribution in [1.82, 2.24) is 5.16 Å². The first-order valence-corrected chi connectivity index (χ1v) is 8.23. The van der Waals surface area contributed by atoms with Crippen LogP contribution in [0.2, 0.25) is 10.0 Å². The van der Waals surface area contributed by atoms with E-state index in [4.69, 9.17) is 37.2 Å². The second kappa shape index (κ2) is 7.68. The lowest BCUT2D eigenvalue weighted by Gasteiger charge is -2.07. The molecule has 3 rings (SSSR count). The molecule has 6 nitrogen and oxygen atoms in total. The van der Waals surface area contributed by atoms with Gasteiger partial charge in [-0.2, -0.15) is 0 Å². The van der Waals surface area contributed by atoms with Gasteiger partial charge in [-0.1, -0.05) is 28.4 Å². The number of nitrogens with zero attached hydrogens (tertiary/aromatic N) is 1. The summed E-state index contributed by atoms with van der Waals surface area (Å²) in [5.41, 5.74) is 1.18. The number of ether oxygens (including phenoxy) is 2. The lowest BCUT2D eigenvalue weighted by Crippen LogP contribution is -2.12. The van der Waals surface area contributed by atoms with Gasteiger partial charge >= 0.3 is 0 Å². The minimum atomic E-state index is -0.468. The zero-order chi connectivity index (χ0) is 18.7. The summed E-state index contributed by atoms with van der Waals surface area (Å²) in [4.78, 5) is 12.4. The predicted octanol–water partition coefficient (Wildman–Crippen LogP) is 4.92. The van der Waals surface area contributed by atoms with Crippen LogP contribution >= 0.6 is 23.2 Å². The highest BCUT2D eigenvalue weighted by Crippen LogP contribution is 2.32. The van der Waals surface area contributed by atoms with Crippen molar-refractivity contribution in [3.63, 3.8) is 0 Å². The summed E-state index contributed by atoms with van der Waals surface area (Å²) < 4.78 is 15.7. The Kier molecular flexibility index (Phi) is 5.35. The van der Waals surface area contributed by atoms with Crippen LogP contribution in [0.3, 0.4) is 0 Å². The third kappa shape index (κ3) is 3.76. The van der Waals surface area contributed by atoms with Gasteiger partial charge in [-0.3, -0.25) is 4.79 Å². The number of carbonyl (C=O) groups is 1. The summed E-state index contributed by atoms with van der Waals surface area (Å²) in [6.45, 7) is 0. The quantitative estimate of drug-likeness (QED) is 0.666. The predicted molar refractivity (Wildman–Crippen MR) is 99.5 cm³/mol. The zero-order valence-electron chi connectivity index (χ0n) is 13.9. The van der Waals surface area contributed by atoms with Crippen LogP contribution < -0.4 is 14.8 Å². The van der Waals surface area contributed by atoms with E-state index >= 15 is 0 Å². The summed E-state index contributed by atoms with van der Waals surface area (Å²) in [5, 5.41) is 7.28. The Hall–Kier alpha value is -2.70. The molecule has 1 aromatic heterocycles. The number of halogens is 2. The van der Waals surface area contributed by atoms with Gasteiger partial charge in [0.2, 0.25) is 0 Å². The van der Waals surface area contributed by atoms with E-state index in [2.05, 4.69) is 10.5 Å². The van der Waals surface area contributed by atoms with Crippen LogP contribution in [-0.2, 0) is 0 Å². The fraction of sp³-hybridized carbons (Fsp3) is 0.111. The van der Waals surface area contributed by atoms with E-state index < -0.39 is 5.91 Å². The molecule has 0 aliphatic heterocycles. The topological polar surface area (TPSA) is 73.6 Å². The summed E-state index contributed by atoms with van der Waals surface area (Å²) in [7, 11) is 3.09. The molecule has 0 radical (unpaired) electrons. The Labute approximate surface area is 159 Å². The monoisotopic (exact) mass is 392 g/mol. The van der Waals surface area contributed by atoms with E-state index in [1.54, 1.807) is 43.5 Å². The van der Waals surface area contributed by atoms with Crippen LogP contribution in [0.5, 0.6) is 11.5 Å². The van der Waals surface area contributed by atoms with Crippen molar-refractivity contribution in [1.29, 1.82) is 0 Å². The summed E-state index contributed by atoms with van der Waals surface area (Å²) in [6.07, 6.45) is 0. The molecule has 0 unspecified atom stereocenters. The maximum Gasteiger partial charge on any atom is 0.277 e. The average Bonchev–Trinajstić information content (AvgIpc) is 3.14. The number of anilines is 1. The first kappa shape index (κ1) is 18.1. The highest BCUT2D eigenvalue weighted by Gasteiger charge is 2.16. The van der Waals surface area contributed by atoms with Gasteiger partial charge < -0.3 is 19.3 Å². The Morgan fingerprint density at radius 3 is 2.54 bits per heavy atom. The van der Waals surface area contributed by atoms with E-state index in [9.17, 15) is 4.79 Å². The molecule has 1 amide bonds. The molecule has 134 valence electrons. The Morgan fingerprint density at radius 1 is 1.04 bits per heavy atom. The molecule has 1 heterocycles. The fourth-order valence-electron chi connectivity index (χ4n) is 2.29. The SMILES string of the molecule is COc1ccc(-c2cc(C(=O)Nc3cc(Cl)ccc3Cl)no2)cc1OC. The molecule has 8 heteroatoms. The molecular weight excluding hydrogens is 379 g/mol. The van der Waals surface area contributed by atoms with Crippen LogP contribution in [-0.4, -0.2) is 25.3 Å².